The second-order valence-corrected chi connectivity index (χ2v) is 10.7. The maximum atomic E-state index is 2.36. The fourth-order valence-electron chi connectivity index (χ4n) is 6.23. The molecule has 0 unspecified atom stereocenters. The summed E-state index contributed by atoms with van der Waals surface area (Å²) in [4.78, 5) is 0. The van der Waals surface area contributed by atoms with E-state index in [9.17, 15) is 0 Å². The lowest BCUT2D eigenvalue weighted by Crippen LogP contribution is -2.13. The van der Waals surface area contributed by atoms with Crippen LogP contribution in [0.5, 0.6) is 0 Å². The van der Waals surface area contributed by atoms with Gasteiger partial charge in [0.05, 0.1) is 6.42 Å². The Morgan fingerprint density at radius 2 is 1.32 bits per heavy atom. The highest BCUT2D eigenvalue weighted by Gasteiger charge is 2.20. The van der Waals surface area contributed by atoms with Crippen LogP contribution in [0, 0.1) is 0 Å². The number of nitrogens with zero attached hydrogens (tertiary/aromatic N) is 1. The summed E-state index contributed by atoms with van der Waals surface area (Å²) in [6, 6.07) is 35.6. The van der Waals surface area contributed by atoms with Crippen LogP contribution in [-0.2, 0) is 12.8 Å². The number of para-hydroxylation sites is 1. The molecule has 6 rings (SSSR count). The zero-order valence-corrected chi connectivity index (χ0v) is 24.4. The largest absolute Gasteiger partial charge is 0.212 e. The molecule has 0 N–H and O–H groups in total. The van der Waals surface area contributed by atoms with Gasteiger partial charge in [-0.25, -0.2) is 4.58 Å². The van der Waals surface area contributed by atoms with Gasteiger partial charge >= 0.3 is 0 Å². The first kappa shape index (κ1) is 26.7. The van der Waals surface area contributed by atoms with Crippen LogP contribution in [0.1, 0.15) is 55.0 Å². The molecule has 1 heteroatoms. The van der Waals surface area contributed by atoms with Gasteiger partial charge in [-0.3, -0.25) is 0 Å². The molecule has 0 amide bonds. The van der Waals surface area contributed by atoms with Crippen molar-refractivity contribution in [1.29, 1.82) is 0 Å². The Labute approximate surface area is 244 Å². The minimum absolute atomic E-state index is 0.928. The molecule has 0 atom stereocenters. The molecule has 0 saturated carbocycles. The number of rotatable bonds is 7. The van der Waals surface area contributed by atoms with Crippen molar-refractivity contribution in [2.75, 3.05) is 6.54 Å². The molecule has 5 aromatic carbocycles. The van der Waals surface area contributed by atoms with E-state index in [1.54, 1.807) is 0 Å². The highest BCUT2D eigenvalue weighted by molar-refractivity contribution is 6.01. The van der Waals surface area contributed by atoms with Gasteiger partial charge in [-0.1, -0.05) is 123 Å². The Morgan fingerprint density at radius 3 is 2.05 bits per heavy atom. The topological polar surface area (TPSA) is 3.01 Å². The number of allylic oxidation sites excluding steroid dienone is 5. The van der Waals surface area contributed by atoms with Crippen molar-refractivity contribution in [3.8, 4) is 0 Å². The van der Waals surface area contributed by atoms with E-state index in [-0.39, 0.29) is 0 Å². The third-order valence-corrected chi connectivity index (χ3v) is 8.47. The van der Waals surface area contributed by atoms with Crippen LogP contribution in [0.25, 0.3) is 38.8 Å². The van der Waals surface area contributed by atoms with Crippen LogP contribution in [0.2, 0.25) is 0 Å². The number of benzene rings is 5. The van der Waals surface area contributed by atoms with E-state index in [4.69, 9.17) is 0 Å². The van der Waals surface area contributed by atoms with Crippen LogP contribution in [0.3, 0.4) is 0 Å². The second kappa shape index (κ2) is 11.9. The quantitative estimate of drug-likeness (QED) is 0.145. The lowest BCUT2D eigenvalue weighted by molar-refractivity contribution is -0.433. The lowest BCUT2D eigenvalue weighted by atomic mass is 9.91. The Hall–Kier alpha value is -4.49. The number of hydrogen-bond acceptors (Lipinski definition) is 0. The normalized spacial score (nSPS) is 14.7. The van der Waals surface area contributed by atoms with Crippen molar-refractivity contribution >= 4 is 50.7 Å². The number of aryl methyl sites for hydroxylation is 2. The monoisotopic (exact) mass is 532 g/mol. The minimum atomic E-state index is 0.928. The third kappa shape index (κ3) is 5.21. The Balaban J connectivity index is 1.51. The van der Waals surface area contributed by atoms with E-state index < -0.39 is 0 Å². The van der Waals surface area contributed by atoms with Crippen molar-refractivity contribution < 1.29 is 4.58 Å². The average molecular weight is 533 g/mol. The smallest absolute Gasteiger partial charge is 0.202 e. The molecule has 0 radical (unpaired) electrons. The van der Waals surface area contributed by atoms with Crippen LogP contribution in [-0.4, -0.2) is 17.3 Å². The summed E-state index contributed by atoms with van der Waals surface area (Å²) in [5.41, 5.74) is 10.5. The molecular weight excluding hydrogens is 494 g/mol. The Kier molecular flexibility index (Phi) is 7.78. The Morgan fingerprint density at radius 1 is 0.683 bits per heavy atom. The van der Waals surface area contributed by atoms with Gasteiger partial charge < -0.3 is 0 Å². The van der Waals surface area contributed by atoms with Crippen molar-refractivity contribution in [2.45, 2.75) is 40.0 Å². The summed E-state index contributed by atoms with van der Waals surface area (Å²) in [6.45, 7) is 7.67. The zero-order valence-electron chi connectivity index (χ0n) is 24.4. The highest BCUT2D eigenvalue weighted by Crippen LogP contribution is 2.34. The van der Waals surface area contributed by atoms with Gasteiger partial charge in [0.15, 0.2) is 0 Å². The van der Waals surface area contributed by atoms with Gasteiger partial charge in [0.1, 0.15) is 12.8 Å². The van der Waals surface area contributed by atoms with Crippen molar-refractivity contribution in [1.82, 2.24) is 0 Å². The molecule has 5 aromatic rings. The predicted molar refractivity (Wildman–Crippen MR) is 179 cm³/mol. The van der Waals surface area contributed by atoms with Gasteiger partial charge in [0.25, 0.3) is 0 Å². The maximum absolute atomic E-state index is 2.36. The van der Waals surface area contributed by atoms with Gasteiger partial charge in [-0.15, -0.1) is 0 Å². The van der Waals surface area contributed by atoms with Crippen LogP contribution >= 0.6 is 0 Å². The molecule has 0 aliphatic carbocycles. The number of fused-ring (bicyclic) bond motifs is 3. The average Bonchev–Trinajstić information content (AvgIpc) is 3.04. The van der Waals surface area contributed by atoms with E-state index in [1.807, 2.05) is 0 Å². The second-order valence-electron chi connectivity index (χ2n) is 10.7. The van der Waals surface area contributed by atoms with E-state index in [0.29, 0.717) is 0 Å². The van der Waals surface area contributed by atoms with Crippen molar-refractivity contribution in [2.24, 2.45) is 0 Å². The summed E-state index contributed by atoms with van der Waals surface area (Å²) >= 11 is 0. The first-order valence-electron chi connectivity index (χ1n) is 15.0. The molecule has 1 heterocycles. The molecule has 0 spiro atoms. The standard InChI is InChI=1S/C40H38N/c1-4-29-19-20-31(36-15-8-7-13-34(29)36)21-22-32(37-26-25-30(5-2)35-14-9-10-17-39(35)37)23-24-33-27-28-41(6-3)40-18-12-11-16-38(33)40/h7-26,28H,4-6,27H2,1-3H3/q+1/b22-21+,32-23-,33-24-. The van der Waals surface area contributed by atoms with Gasteiger partial charge in [-0.05, 0) is 80.8 Å². The molecule has 0 fully saturated rings. The highest BCUT2D eigenvalue weighted by atomic mass is 15.0. The molecule has 1 aliphatic rings. The molecular formula is C40H38N+. The summed E-state index contributed by atoms with van der Waals surface area (Å²) in [6.07, 6.45) is 14.6. The first-order valence-corrected chi connectivity index (χ1v) is 15.0. The van der Waals surface area contributed by atoms with Crippen LogP contribution in [0.15, 0.2) is 115 Å². The van der Waals surface area contributed by atoms with E-state index in [1.165, 1.54) is 66.2 Å². The molecule has 202 valence electrons. The zero-order chi connectivity index (χ0) is 28.2. The Bertz CT molecular complexity index is 1860. The van der Waals surface area contributed by atoms with E-state index >= 15 is 0 Å². The van der Waals surface area contributed by atoms with Crippen LogP contribution < -0.4 is 0 Å². The molecule has 1 aliphatic heterocycles. The summed E-state index contributed by atoms with van der Waals surface area (Å²) in [5, 5.41) is 5.30. The fraction of sp³-hybridized carbons (Fsp3) is 0.175. The molecule has 0 saturated heterocycles. The van der Waals surface area contributed by atoms with Gasteiger partial charge in [0.2, 0.25) is 5.69 Å². The fourth-order valence-corrected chi connectivity index (χ4v) is 6.23. The summed E-state index contributed by atoms with van der Waals surface area (Å²) in [7, 11) is 0. The first-order chi connectivity index (χ1) is 20.2. The van der Waals surface area contributed by atoms with E-state index in [0.717, 1.165) is 25.8 Å². The van der Waals surface area contributed by atoms with Gasteiger partial charge in [-0.2, -0.15) is 0 Å². The molecule has 0 bridgehead atoms. The number of hydrogen-bond donors (Lipinski definition) is 0. The SMILES string of the molecule is CCc1ccc(/C=C/C(=C/C=C2/CC=[N+](CC)c3ccccc32)c2ccc(CC)c3ccccc23)c2ccccc12. The van der Waals surface area contributed by atoms with Crippen molar-refractivity contribution in [3.63, 3.8) is 0 Å². The maximum Gasteiger partial charge on any atom is 0.212 e. The predicted octanol–water partition coefficient (Wildman–Crippen LogP) is 10.4. The summed E-state index contributed by atoms with van der Waals surface area (Å²) in [5.74, 6) is 0. The third-order valence-electron chi connectivity index (χ3n) is 8.47. The van der Waals surface area contributed by atoms with Crippen molar-refractivity contribution in [3.05, 3.63) is 143 Å². The van der Waals surface area contributed by atoms with Gasteiger partial charge in [0, 0.05) is 11.6 Å². The minimum Gasteiger partial charge on any atom is -0.202 e. The van der Waals surface area contributed by atoms with E-state index in [2.05, 4.69) is 153 Å². The molecule has 0 aromatic heterocycles. The lowest BCUT2D eigenvalue weighted by Gasteiger charge is -2.15. The molecule has 41 heavy (non-hydrogen) atoms. The summed E-state index contributed by atoms with van der Waals surface area (Å²) < 4.78 is 2.36. The van der Waals surface area contributed by atoms with Crippen LogP contribution in [0.4, 0.5) is 5.69 Å². The molecule has 1 nitrogen and oxygen atoms in total.